The number of aliphatic carboxylic acids is 1. The highest BCUT2D eigenvalue weighted by Gasteiger charge is 2.42. The molecule has 0 saturated carbocycles. The van der Waals surface area contributed by atoms with Crippen LogP contribution in [0.15, 0.2) is 0 Å². The number of carboxylic acid groups (broad SMARTS) is 1. The van der Waals surface area contributed by atoms with E-state index in [1.54, 1.807) is 0 Å². The van der Waals surface area contributed by atoms with E-state index in [0.717, 1.165) is 25.9 Å². The molecule has 2 rings (SSSR count). The van der Waals surface area contributed by atoms with E-state index in [-0.39, 0.29) is 6.10 Å². The van der Waals surface area contributed by atoms with Crippen LogP contribution in [0.2, 0.25) is 0 Å². The molecule has 2 aliphatic rings. The van der Waals surface area contributed by atoms with Gasteiger partial charge in [0.1, 0.15) is 0 Å². The molecule has 0 spiro atoms. The van der Waals surface area contributed by atoms with Crippen molar-refractivity contribution < 1.29 is 19.4 Å². The Labute approximate surface area is 95.9 Å². The highest BCUT2D eigenvalue weighted by atomic mass is 16.5. The summed E-state index contributed by atoms with van der Waals surface area (Å²) in [5.41, 5.74) is -0.597. The first-order valence-corrected chi connectivity index (χ1v) is 6.16. The molecular weight excluding hydrogens is 208 g/mol. The Morgan fingerprint density at radius 1 is 1.25 bits per heavy atom. The maximum absolute atomic E-state index is 11.4. The van der Waals surface area contributed by atoms with E-state index in [0.29, 0.717) is 32.5 Å². The fourth-order valence-corrected chi connectivity index (χ4v) is 2.67. The third-order valence-electron chi connectivity index (χ3n) is 3.80. The molecule has 92 valence electrons. The van der Waals surface area contributed by atoms with Gasteiger partial charge in [-0.2, -0.15) is 0 Å². The molecule has 2 saturated heterocycles. The van der Waals surface area contributed by atoms with Crippen LogP contribution in [0.5, 0.6) is 0 Å². The maximum atomic E-state index is 11.4. The number of rotatable bonds is 3. The van der Waals surface area contributed by atoms with Crippen LogP contribution in [0.1, 0.15) is 38.5 Å². The van der Waals surface area contributed by atoms with Gasteiger partial charge in [-0.15, -0.1) is 0 Å². The maximum Gasteiger partial charge on any atom is 0.309 e. The van der Waals surface area contributed by atoms with E-state index >= 15 is 0 Å². The average molecular weight is 228 g/mol. The molecule has 0 aromatic heterocycles. The van der Waals surface area contributed by atoms with Crippen LogP contribution in [0.25, 0.3) is 0 Å². The second-order valence-electron chi connectivity index (χ2n) is 4.89. The van der Waals surface area contributed by atoms with Crippen molar-refractivity contribution in [1.29, 1.82) is 0 Å². The minimum Gasteiger partial charge on any atom is -0.481 e. The predicted octanol–water partition coefficient (Wildman–Crippen LogP) is 1.83. The number of carbonyl (C=O) groups is 1. The molecule has 2 aliphatic heterocycles. The van der Waals surface area contributed by atoms with Crippen molar-refractivity contribution in [2.75, 3.05) is 19.8 Å². The van der Waals surface area contributed by atoms with Crippen molar-refractivity contribution in [3.8, 4) is 0 Å². The minimum atomic E-state index is -0.676. The van der Waals surface area contributed by atoms with Gasteiger partial charge in [0.05, 0.1) is 11.5 Å². The molecule has 16 heavy (non-hydrogen) atoms. The molecule has 0 aliphatic carbocycles. The molecule has 1 unspecified atom stereocenters. The SMILES string of the molecule is O=C(O)C1(CC2CCCCO2)CCOCC1. The van der Waals surface area contributed by atoms with Crippen molar-refractivity contribution in [3.63, 3.8) is 0 Å². The van der Waals surface area contributed by atoms with Gasteiger partial charge in [0, 0.05) is 19.8 Å². The van der Waals surface area contributed by atoms with Gasteiger partial charge in [0.25, 0.3) is 0 Å². The summed E-state index contributed by atoms with van der Waals surface area (Å²) in [6, 6.07) is 0. The molecule has 1 N–H and O–H groups in total. The van der Waals surface area contributed by atoms with E-state index in [4.69, 9.17) is 9.47 Å². The summed E-state index contributed by atoms with van der Waals surface area (Å²) < 4.78 is 10.9. The Morgan fingerprint density at radius 3 is 2.56 bits per heavy atom. The third-order valence-corrected chi connectivity index (χ3v) is 3.80. The van der Waals surface area contributed by atoms with Gasteiger partial charge in [-0.1, -0.05) is 0 Å². The fraction of sp³-hybridized carbons (Fsp3) is 0.917. The standard InChI is InChI=1S/C12H20O4/c13-11(14)12(4-7-15-8-5-12)9-10-3-1-2-6-16-10/h10H,1-9H2,(H,13,14). The van der Waals surface area contributed by atoms with E-state index < -0.39 is 11.4 Å². The van der Waals surface area contributed by atoms with E-state index in [1.807, 2.05) is 0 Å². The summed E-state index contributed by atoms with van der Waals surface area (Å²) in [6.07, 6.45) is 5.34. The summed E-state index contributed by atoms with van der Waals surface area (Å²) in [5.74, 6) is -0.676. The average Bonchev–Trinajstić information content (AvgIpc) is 2.31. The molecule has 0 amide bonds. The lowest BCUT2D eigenvalue weighted by Gasteiger charge is -2.37. The molecule has 2 fully saturated rings. The summed E-state index contributed by atoms with van der Waals surface area (Å²) in [4.78, 5) is 11.4. The summed E-state index contributed by atoms with van der Waals surface area (Å²) in [6.45, 7) is 1.93. The van der Waals surface area contributed by atoms with Crippen LogP contribution in [0.3, 0.4) is 0 Å². The summed E-state index contributed by atoms with van der Waals surface area (Å²) in [7, 11) is 0. The predicted molar refractivity (Wildman–Crippen MR) is 58.3 cm³/mol. The second-order valence-corrected chi connectivity index (χ2v) is 4.89. The lowest BCUT2D eigenvalue weighted by molar-refractivity contribution is -0.159. The van der Waals surface area contributed by atoms with Crippen molar-refractivity contribution in [3.05, 3.63) is 0 Å². The zero-order valence-corrected chi connectivity index (χ0v) is 9.61. The first kappa shape index (κ1) is 11.9. The summed E-state index contributed by atoms with van der Waals surface area (Å²) in [5, 5.41) is 9.41. The van der Waals surface area contributed by atoms with Gasteiger partial charge in [-0.25, -0.2) is 0 Å². The lowest BCUT2D eigenvalue weighted by Crippen LogP contribution is -2.41. The highest BCUT2D eigenvalue weighted by Crippen LogP contribution is 2.38. The molecule has 0 aromatic carbocycles. The van der Waals surface area contributed by atoms with Gasteiger partial charge in [-0.3, -0.25) is 4.79 Å². The third kappa shape index (κ3) is 2.55. The number of hydrogen-bond donors (Lipinski definition) is 1. The summed E-state index contributed by atoms with van der Waals surface area (Å²) >= 11 is 0. The van der Waals surface area contributed by atoms with Crippen LogP contribution in [0, 0.1) is 5.41 Å². The largest absolute Gasteiger partial charge is 0.481 e. The molecule has 2 heterocycles. The van der Waals surface area contributed by atoms with E-state index in [9.17, 15) is 9.90 Å². The first-order valence-electron chi connectivity index (χ1n) is 6.16. The Balaban J connectivity index is 1.98. The topological polar surface area (TPSA) is 55.8 Å². The van der Waals surface area contributed by atoms with Gasteiger partial charge < -0.3 is 14.6 Å². The van der Waals surface area contributed by atoms with Crippen molar-refractivity contribution in [2.24, 2.45) is 5.41 Å². The second kappa shape index (κ2) is 5.15. The van der Waals surface area contributed by atoms with E-state index in [2.05, 4.69) is 0 Å². The number of carboxylic acids is 1. The van der Waals surface area contributed by atoms with Gasteiger partial charge in [-0.05, 0) is 38.5 Å². The molecule has 0 aromatic rings. The smallest absolute Gasteiger partial charge is 0.309 e. The lowest BCUT2D eigenvalue weighted by atomic mass is 9.75. The van der Waals surface area contributed by atoms with E-state index in [1.165, 1.54) is 0 Å². The van der Waals surface area contributed by atoms with Crippen molar-refractivity contribution in [2.45, 2.75) is 44.6 Å². The van der Waals surface area contributed by atoms with Crippen molar-refractivity contribution in [1.82, 2.24) is 0 Å². The van der Waals surface area contributed by atoms with Crippen LogP contribution in [0.4, 0.5) is 0 Å². The Hall–Kier alpha value is -0.610. The van der Waals surface area contributed by atoms with Crippen LogP contribution < -0.4 is 0 Å². The molecule has 4 nitrogen and oxygen atoms in total. The Morgan fingerprint density at radius 2 is 2.00 bits per heavy atom. The Bertz CT molecular complexity index is 239. The molecule has 0 radical (unpaired) electrons. The van der Waals surface area contributed by atoms with Crippen LogP contribution in [-0.2, 0) is 14.3 Å². The fourth-order valence-electron chi connectivity index (χ4n) is 2.67. The Kier molecular flexibility index (Phi) is 3.82. The first-order chi connectivity index (χ1) is 7.73. The number of hydrogen-bond acceptors (Lipinski definition) is 3. The van der Waals surface area contributed by atoms with Crippen LogP contribution >= 0.6 is 0 Å². The number of ether oxygens (including phenoxy) is 2. The zero-order chi connectivity index (χ0) is 11.4. The van der Waals surface area contributed by atoms with Gasteiger partial charge >= 0.3 is 5.97 Å². The van der Waals surface area contributed by atoms with Crippen LogP contribution in [-0.4, -0.2) is 37.0 Å². The highest BCUT2D eigenvalue weighted by molar-refractivity contribution is 5.74. The zero-order valence-electron chi connectivity index (χ0n) is 9.61. The van der Waals surface area contributed by atoms with Gasteiger partial charge in [0.15, 0.2) is 0 Å². The molecule has 4 heteroatoms. The monoisotopic (exact) mass is 228 g/mol. The quantitative estimate of drug-likeness (QED) is 0.800. The minimum absolute atomic E-state index is 0.142. The normalized spacial score (nSPS) is 29.9. The van der Waals surface area contributed by atoms with Gasteiger partial charge in [0.2, 0.25) is 0 Å². The van der Waals surface area contributed by atoms with Crippen molar-refractivity contribution >= 4 is 5.97 Å². The molecular formula is C12H20O4. The molecule has 1 atom stereocenters. The molecule has 0 bridgehead atoms.